The summed E-state index contributed by atoms with van der Waals surface area (Å²) in [7, 11) is 0. The summed E-state index contributed by atoms with van der Waals surface area (Å²) in [4.78, 5) is 0. The third-order valence-electron chi connectivity index (χ3n) is 1.96. The van der Waals surface area contributed by atoms with Crippen LogP contribution in [0.2, 0.25) is 8.67 Å². The average Bonchev–Trinajstić information content (AvgIpc) is 2.47. The monoisotopic (exact) mass is 237 g/mol. The molecule has 0 aromatic carbocycles. The van der Waals surface area contributed by atoms with Crippen molar-refractivity contribution >= 4 is 34.5 Å². The molecular formula is C8H9Cl2NOS. The van der Waals surface area contributed by atoms with E-state index in [1.54, 1.807) is 0 Å². The van der Waals surface area contributed by atoms with Crippen LogP contribution in [0.3, 0.4) is 0 Å². The van der Waals surface area contributed by atoms with E-state index in [-0.39, 0.29) is 6.10 Å². The molecule has 0 spiro atoms. The van der Waals surface area contributed by atoms with E-state index in [1.807, 2.05) is 6.07 Å². The van der Waals surface area contributed by atoms with Crippen LogP contribution in [0.1, 0.15) is 11.7 Å². The van der Waals surface area contributed by atoms with Gasteiger partial charge in [-0.25, -0.2) is 0 Å². The molecule has 1 unspecified atom stereocenters. The second-order valence-electron chi connectivity index (χ2n) is 2.84. The van der Waals surface area contributed by atoms with Gasteiger partial charge in [0.15, 0.2) is 0 Å². The van der Waals surface area contributed by atoms with Gasteiger partial charge in [-0.2, -0.15) is 0 Å². The highest BCUT2D eigenvalue weighted by atomic mass is 35.5. The van der Waals surface area contributed by atoms with Gasteiger partial charge in [-0.1, -0.05) is 23.2 Å². The van der Waals surface area contributed by atoms with E-state index in [2.05, 4.69) is 5.32 Å². The average molecular weight is 238 g/mol. The second kappa shape index (κ2) is 4.15. The van der Waals surface area contributed by atoms with Crippen LogP contribution >= 0.6 is 34.5 Å². The quantitative estimate of drug-likeness (QED) is 0.812. The van der Waals surface area contributed by atoms with Crippen molar-refractivity contribution in [2.24, 2.45) is 0 Å². The molecule has 1 aliphatic rings. The van der Waals surface area contributed by atoms with Crippen molar-refractivity contribution in [1.82, 2.24) is 5.32 Å². The van der Waals surface area contributed by atoms with Gasteiger partial charge >= 0.3 is 0 Å². The maximum absolute atomic E-state index is 6.00. The van der Waals surface area contributed by atoms with Crippen molar-refractivity contribution in [3.05, 3.63) is 20.3 Å². The molecule has 0 saturated carbocycles. The summed E-state index contributed by atoms with van der Waals surface area (Å²) in [5, 5.41) is 3.25. The van der Waals surface area contributed by atoms with E-state index < -0.39 is 0 Å². The molecule has 5 heteroatoms. The maximum atomic E-state index is 6.00. The minimum atomic E-state index is 0.0602. The molecule has 13 heavy (non-hydrogen) atoms. The summed E-state index contributed by atoms with van der Waals surface area (Å²) in [5.41, 5.74) is 1.00. The Morgan fingerprint density at radius 3 is 2.92 bits per heavy atom. The summed E-state index contributed by atoms with van der Waals surface area (Å²) in [6.45, 7) is 2.45. The Labute approximate surface area is 90.8 Å². The third kappa shape index (κ3) is 2.17. The number of hydrogen-bond donors (Lipinski definition) is 1. The fourth-order valence-corrected chi connectivity index (χ4v) is 2.90. The number of nitrogens with one attached hydrogen (secondary N) is 1. The Morgan fingerprint density at radius 1 is 1.54 bits per heavy atom. The minimum absolute atomic E-state index is 0.0602. The summed E-state index contributed by atoms with van der Waals surface area (Å²) in [6, 6.07) is 1.88. The summed E-state index contributed by atoms with van der Waals surface area (Å²) < 4.78 is 7.01. The smallest absolute Gasteiger partial charge is 0.100 e. The summed E-state index contributed by atoms with van der Waals surface area (Å²) in [6.07, 6.45) is 0.0602. The van der Waals surface area contributed by atoms with E-state index in [0.29, 0.717) is 4.34 Å². The first kappa shape index (κ1) is 9.74. The molecule has 2 rings (SSSR count). The van der Waals surface area contributed by atoms with Crippen LogP contribution in [0.4, 0.5) is 0 Å². The Kier molecular flexibility index (Phi) is 3.11. The third-order valence-corrected chi connectivity index (χ3v) is 3.48. The zero-order chi connectivity index (χ0) is 9.26. The van der Waals surface area contributed by atoms with E-state index >= 15 is 0 Å². The number of halogens is 2. The maximum Gasteiger partial charge on any atom is 0.100 e. The lowest BCUT2D eigenvalue weighted by molar-refractivity contribution is 0.0280. The molecule has 1 aliphatic heterocycles. The van der Waals surface area contributed by atoms with Gasteiger partial charge in [0.1, 0.15) is 4.34 Å². The molecule has 1 fully saturated rings. The summed E-state index contributed by atoms with van der Waals surface area (Å²) in [5.74, 6) is 0. The van der Waals surface area contributed by atoms with Crippen LogP contribution < -0.4 is 5.32 Å². The zero-order valence-electron chi connectivity index (χ0n) is 6.85. The number of morpholine rings is 1. The van der Waals surface area contributed by atoms with Crippen molar-refractivity contribution < 1.29 is 4.74 Å². The number of rotatable bonds is 1. The number of hydrogen-bond acceptors (Lipinski definition) is 3. The second-order valence-corrected chi connectivity index (χ2v) is 5.13. The highest BCUT2D eigenvalue weighted by Crippen LogP contribution is 2.36. The van der Waals surface area contributed by atoms with Crippen LogP contribution in [0.15, 0.2) is 6.07 Å². The van der Waals surface area contributed by atoms with Crippen molar-refractivity contribution in [2.45, 2.75) is 6.10 Å². The topological polar surface area (TPSA) is 21.3 Å². The van der Waals surface area contributed by atoms with Crippen molar-refractivity contribution in [3.63, 3.8) is 0 Å². The van der Waals surface area contributed by atoms with Crippen LogP contribution in [-0.2, 0) is 4.74 Å². The van der Waals surface area contributed by atoms with Gasteiger partial charge in [0, 0.05) is 18.7 Å². The molecule has 1 N–H and O–H groups in total. The molecule has 2 nitrogen and oxygen atoms in total. The van der Waals surface area contributed by atoms with E-state index in [1.165, 1.54) is 11.3 Å². The van der Waals surface area contributed by atoms with Gasteiger partial charge in [-0.3, -0.25) is 0 Å². The molecule has 1 aromatic heterocycles. The first-order valence-electron chi connectivity index (χ1n) is 4.04. The summed E-state index contributed by atoms with van der Waals surface area (Å²) >= 11 is 13.2. The van der Waals surface area contributed by atoms with E-state index in [0.717, 1.165) is 29.6 Å². The normalized spacial score (nSPS) is 23.4. The lowest BCUT2D eigenvalue weighted by Gasteiger charge is -2.23. The van der Waals surface area contributed by atoms with Gasteiger partial charge in [-0.05, 0) is 6.07 Å². The van der Waals surface area contributed by atoms with E-state index in [4.69, 9.17) is 27.9 Å². The van der Waals surface area contributed by atoms with Crippen LogP contribution in [-0.4, -0.2) is 19.7 Å². The SMILES string of the molecule is Clc1cc(C2CNCCO2)c(Cl)s1. The van der Waals surface area contributed by atoms with E-state index in [9.17, 15) is 0 Å². The number of thiophene rings is 1. The lowest BCUT2D eigenvalue weighted by Crippen LogP contribution is -2.33. The molecule has 72 valence electrons. The Morgan fingerprint density at radius 2 is 2.38 bits per heavy atom. The highest BCUT2D eigenvalue weighted by Gasteiger charge is 2.20. The molecule has 0 bridgehead atoms. The molecule has 1 atom stereocenters. The highest BCUT2D eigenvalue weighted by molar-refractivity contribution is 7.20. The van der Waals surface area contributed by atoms with Crippen molar-refractivity contribution in [2.75, 3.05) is 19.7 Å². The van der Waals surface area contributed by atoms with Crippen LogP contribution in [0.5, 0.6) is 0 Å². The molecule has 0 radical (unpaired) electrons. The molecule has 1 saturated heterocycles. The Hall–Kier alpha value is 0.200. The number of ether oxygens (including phenoxy) is 1. The van der Waals surface area contributed by atoms with Gasteiger partial charge in [0.05, 0.1) is 17.0 Å². The molecule has 2 heterocycles. The fraction of sp³-hybridized carbons (Fsp3) is 0.500. The standard InChI is InChI=1S/C8H9Cl2NOS/c9-7-3-5(8(10)13-7)6-4-11-1-2-12-6/h3,6,11H,1-2,4H2. The van der Waals surface area contributed by atoms with Crippen molar-refractivity contribution in [1.29, 1.82) is 0 Å². The van der Waals surface area contributed by atoms with Crippen molar-refractivity contribution in [3.8, 4) is 0 Å². The molecular weight excluding hydrogens is 229 g/mol. The van der Waals surface area contributed by atoms with Gasteiger partial charge in [-0.15, -0.1) is 11.3 Å². The Balaban J connectivity index is 2.18. The van der Waals surface area contributed by atoms with Gasteiger partial charge in [0.2, 0.25) is 0 Å². The first-order valence-corrected chi connectivity index (χ1v) is 5.61. The zero-order valence-corrected chi connectivity index (χ0v) is 9.18. The largest absolute Gasteiger partial charge is 0.371 e. The molecule has 0 amide bonds. The predicted molar refractivity (Wildman–Crippen MR) is 55.9 cm³/mol. The first-order chi connectivity index (χ1) is 6.27. The lowest BCUT2D eigenvalue weighted by atomic mass is 10.2. The Bertz CT molecular complexity index is 296. The predicted octanol–water partition coefficient (Wildman–Crippen LogP) is 2.72. The minimum Gasteiger partial charge on any atom is -0.371 e. The molecule has 0 aliphatic carbocycles. The van der Waals surface area contributed by atoms with Crippen LogP contribution in [0.25, 0.3) is 0 Å². The van der Waals surface area contributed by atoms with Gasteiger partial charge < -0.3 is 10.1 Å². The fourth-order valence-electron chi connectivity index (χ4n) is 1.34. The van der Waals surface area contributed by atoms with Crippen LogP contribution in [0, 0.1) is 0 Å². The van der Waals surface area contributed by atoms with Gasteiger partial charge in [0.25, 0.3) is 0 Å². The molecule has 1 aromatic rings.